The van der Waals surface area contributed by atoms with E-state index in [4.69, 9.17) is 15.2 Å². The van der Waals surface area contributed by atoms with E-state index < -0.39 is 0 Å². The molecule has 3 atom stereocenters. The second kappa shape index (κ2) is 6.48. The van der Waals surface area contributed by atoms with Gasteiger partial charge in [-0.3, -0.25) is 4.90 Å². The number of hydrogen-bond donors (Lipinski definition) is 1. The lowest BCUT2D eigenvalue weighted by atomic mass is 10.0. The van der Waals surface area contributed by atoms with Crippen molar-refractivity contribution >= 4 is 0 Å². The fraction of sp³-hybridized carbons (Fsp3) is 0.600. The van der Waals surface area contributed by atoms with Crippen LogP contribution in [0.15, 0.2) is 24.3 Å². The van der Waals surface area contributed by atoms with Gasteiger partial charge in [-0.25, -0.2) is 0 Å². The Labute approximate surface area is 115 Å². The van der Waals surface area contributed by atoms with Gasteiger partial charge in [0.2, 0.25) is 0 Å². The minimum atomic E-state index is 0.129. The Hall–Kier alpha value is -0.940. The van der Waals surface area contributed by atoms with Crippen molar-refractivity contribution in [1.82, 2.24) is 4.90 Å². The maximum atomic E-state index is 5.99. The highest BCUT2D eigenvalue weighted by Gasteiger charge is 2.36. The summed E-state index contributed by atoms with van der Waals surface area (Å²) in [6.45, 7) is 4.45. The molecule has 1 saturated heterocycles. The fourth-order valence-corrected chi connectivity index (χ4v) is 2.85. The van der Waals surface area contributed by atoms with Crippen LogP contribution in [0.3, 0.4) is 0 Å². The second-order valence-electron chi connectivity index (χ2n) is 5.17. The summed E-state index contributed by atoms with van der Waals surface area (Å²) in [7, 11) is 3.48. The average molecular weight is 264 g/mol. The number of aryl methyl sites for hydroxylation is 1. The first-order valence-corrected chi connectivity index (χ1v) is 6.75. The van der Waals surface area contributed by atoms with Crippen LogP contribution in [0.5, 0.6) is 0 Å². The largest absolute Gasteiger partial charge is 0.377 e. The van der Waals surface area contributed by atoms with Gasteiger partial charge in [-0.1, -0.05) is 29.8 Å². The van der Waals surface area contributed by atoms with Crippen LogP contribution in [-0.2, 0) is 9.47 Å². The first-order valence-electron chi connectivity index (χ1n) is 6.75. The van der Waals surface area contributed by atoms with Crippen molar-refractivity contribution in [2.24, 2.45) is 5.73 Å². The van der Waals surface area contributed by atoms with Gasteiger partial charge < -0.3 is 15.2 Å². The molecular formula is C15H24N2O2. The van der Waals surface area contributed by atoms with E-state index in [0.29, 0.717) is 6.54 Å². The molecule has 2 rings (SSSR count). The van der Waals surface area contributed by atoms with Crippen molar-refractivity contribution in [2.75, 3.05) is 33.9 Å². The van der Waals surface area contributed by atoms with E-state index in [1.54, 1.807) is 14.2 Å². The van der Waals surface area contributed by atoms with Crippen LogP contribution in [0.4, 0.5) is 0 Å². The predicted molar refractivity (Wildman–Crippen MR) is 76.1 cm³/mol. The highest BCUT2D eigenvalue weighted by Crippen LogP contribution is 2.27. The van der Waals surface area contributed by atoms with E-state index >= 15 is 0 Å². The van der Waals surface area contributed by atoms with Crippen molar-refractivity contribution < 1.29 is 9.47 Å². The molecular weight excluding hydrogens is 240 g/mol. The highest BCUT2D eigenvalue weighted by atomic mass is 16.5. The molecule has 0 radical (unpaired) electrons. The van der Waals surface area contributed by atoms with Crippen LogP contribution in [0.25, 0.3) is 0 Å². The Morgan fingerprint density at radius 1 is 1.26 bits per heavy atom. The lowest BCUT2D eigenvalue weighted by Gasteiger charge is -2.27. The van der Waals surface area contributed by atoms with Crippen LogP contribution in [0.2, 0.25) is 0 Å². The molecule has 0 aromatic heterocycles. The number of methoxy groups -OCH3 is 2. The Morgan fingerprint density at radius 3 is 2.37 bits per heavy atom. The standard InChI is InChI=1S/C15H24N2O2/c1-11-5-4-6-12(7-11)13(8-16)17-9-14(18-2)15(10-17)19-3/h4-7,13-15H,8-10,16H2,1-3H3. The second-order valence-corrected chi connectivity index (χ2v) is 5.17. The van der Waals surface area contributed by atoms with Crippen molar-refractivity contribution in [2.45, 2.75) is 25.2 Å². The molecule has 1 aliphatic rings. The molecule has 0 saturated carbocycles. The summed E-state index contributed by atoms with van der Waals surface area (Å²) in [6, 6.07) is 8.78. The van der Waals surface area contributed by atoms with E-state index in [9.17, 15) is 0 Å². The van der Waals surface area contributed by atoms with E-state index in [-0.39, 0.29) is 18.2 Å². The zero-order valence-electron chi connectivity index (χ0n) is 12.0. The molecule has 1 fully saturated rings. The maximum Gasteiger partial charge on any atom is 0.0972 e. The normalized spacial score (nSPS) is 25.7. The van der Waals surface area contributed by atoms with Gasteiger partial charge in [-0.05, 0) is 12.5 Å². The summed E-state index contributed by atoms with van der Waals surface area (Å²) in [5, 5.41) is 0. The molecule has 19 heavy (non-hydrogen) atoms. The van der Waals surface area contributed by atoms with Gasteiger partial charge in [0.05, 0.1) is 12.2 Å². The van der Waals surface area contributed by atoms with E-state index in [1.165, 1.54) is 11.1 Å². The molecule has 4 nitrogen and oxygen atoms in total. The van der Waals surface area contributed by atoms with Crippen molar-refractivity contribution in [3.63, 3.8) is 0 Å². The molecule has 0 amide bonds. The van der Waals surface area contributed by atoms with Crippen LogP contribution < -0.4 is 5.73 Å². The average Bonchev–Trinajstić information content (AvgIpc) is 2.83. The first-order chi connectivity index (χ1) is 9.19. The zero-order chi connectivity index (χ0) is 13.8. The van der Waals surface area contributed by atoms with Crippen molar-refractivity contribution in [1.29, 1.82) is 0 Å². The molecule has 3 unspecified atom stereocenters. The van der Waals surface area contributed by atoms with Crippen LogP contribution in [0, 0.1) is 6.92 Å². The van der Waals surface area contributed by atoms with Crippen LogP contribution in [-0.4, -0.2) is 51.0 Å². The number of nitrogens with zero attached hydrogens (tertiary/aromatic N) is 1. The summed E-state index contributed by atoms with van der Waals surface area (Å²) in [5.41, 5.74) is 8.52. The molecule has 1 aromatic carbocycles. The van der Waals surface area contributed by atoms with Crippen LogP contribution >= 0.6 is 0 Å². The summed E-state index contributed by atoms with van der Waals surface area (Å²) in [6.07, 6.45) is 0.257. The summed E-state index contributed by atoms with van der Waals surface area (Å²) < 4.78 is 11.0. The minimum Gasteiger partial charge on any atom is -0.377 e. The molecule has 1 heterocycles. The summed E-state index contributed by atoms with van der Waals surface area (Å²) in [4.78, 5) is 2.36. The van der Waals surface area contributed by atoms with E-state index in [2.05, 4.69) is 36.1 Å². The smallest absolute Gasteiger partial charge is 0.0972 e. The molecule has 106 valence electrons. The summed E-state index contributed by atoms with van der Waals surface area (Å²) >= 11 is 0. The number of likely N-dealkylation sites (tertiary alicyclic amines) is 1. The molecule has 2 N–H and O–H groups in total. The van der Waals surface area contributed by atoms with Gasteiger partial charge >= 0.3 is 0 Å². The summed E-state index contributed by atoms with van der Waals surface area (Å²) in [5.74, 6) is 0. The van der Waals surface area contributed by atoms with Gasteiger partial charge in [-0.2, -0.15) is 0 Å². The Bertz CT molecular complexity index is 399. The van der Waals surface area contributed by atoms with E-state index in [0.717, 1.165) is 13.1 Å². The van der Waals surface area contributed by atoms with Gasteiger partial charge in [0, 0.05) is 39.9 Å². The quantitative estimate of drug-likeness (QED) is 0.872. The third-order valence-corrected chi connectivity index (χ3v) is 3.94. The molecule has 4 heteroatoms. The first kappa shape index (κ1) is 14.5. The lowest BCUT2D eigenvalue weighted by Crippen LogP contribution is -2.33. The molecule has 1 aliphatic heterocycles. The monoisotopic (exact) mass is 264 g/mol. The Morgan fingerprint density at radius 2 is 1.89 bits per heavy atom. The predicted octanol–water partition coefficient (Wildman–Crippen LogP) is 1.34. The number of hydrogen-bond acceptors (Lipinski definition) is 4. The Balaban J connectivity index is 2.15. The highest BCUT2D eigenvalue weighted by molar-refractivity contribution is 5.25. The topological polar surface area (TPSA) is 47.7 Å². The van der Waals surface area contributed by atoms with Crippen molar-refractivity contribution in [3.05, 3.63) is 35.4 Å². The third-order valence-electron chi connectivity index (χ3n) is 3.94. The van der Waals surface area contributed by atoms with Gasteiger partial charge in [0.25, 0.3) is 0 Å². The maximum absolute atomic E-state index is 5.99. The number of rotatable bonds is 5. The number of benzene rings is 1. The molecule has 0 bridgehead atoms. The van der Waals surface area contributed by atoms with Crippen molar-refractivity contribution in [3.8, 4) is 0 Å². The van der Waals surface area contributed by atoms with Gasteiger partial charge in [0.15, 0.2) is 0 Å². The lowest BCUT2D eigenvalue weighted by molar-refractivity contribution is -0.00461. The SMILES string of the molecule is COC1CN(C(CN)c2cccc(C)c2)CC1OC. The van der Waals surface area contributed by atoms with Gasteiger partial charge in [-0.15, -0.1) is 0 Å². The zero-order valence-corrected chi connectivity index (χ0v) is 12.0. The van der Waals surface area contributed by atoms with Gasteiger partial charge in [0.1, 0.15) is 0 Å². The van der Waals surface area contributed by atoms with E-state index in [1.807, 2.05) is 0 Å². The minimum absolute atomic E-state index is 0.129. The molecule has 0 aliphatic carbocycles. The number of nitrogens with two attached hydrogens (primary N) is 1. The fourth-order valence-electron chi connectivity index (χ4n) is 2.85. The molecule has 0 spiro atoms. The third kappa shape index (κ3) is 3.15. The van der Waals surface area contributed by atoms with Crippen LogP contribution in [0.1, 0.15) is 17.2 Å². The Kier molecular flexibility index (Phi) is 4.93. The molecule has 1 aromatic rings. The number of ether oxygens (including phenoxy) is 2.